The molecule has 0 amide bonds. The molecule has 0 fully saturated rings. The van der Waals surface area contributed by atoms with E-state index in [-0.39, 0.29) is 27.6 Å². The number of nitrogens with one attached hydrogen (secondary N) is 1. The van der Waals surface area contributed by atoms with E-state index >= 15 is 0 Å². The van der Waals surface area contributed by atoms with Crippen LogP contribution in [0.25, 0.3) is 28.2 Å². The summed E-state index contributed by atoms with van der Waals surface area (Å²) >= 11 is 0. The van der Waals surface area contributed by atoms with E-state index in [2.05, 4.69) is 20.1 Å². The molecule has 0 spiro atoms. The van der Waals surface area contributed by atoms with E-state index in [1.807, 2.05) is 6.92 Å². The Kier molecular flexibility index (Phi) is 8.65. The molecule has 2 heterocycles. The molecule has 13 nitrogen and oxygen atoms in total. The molecule has 5 N–H and O–H groups in total. The number of aromatic amines is 1. The van der Waals surface area contributed by atoms with Gasteiger partial charge in [-0.1, -0.05) is 35.5 Å². The van der Waals surface area contributed by atoms with Gasteiger partial charge in [0.1, 0.15) is 22.7 Å². The summed E-state index contributed by atoms with van der Waals surface area (Å²) in [5, 5.41) is 12.3. The number of ether oxygens (including phenoxy) is 2. The van der Waals surface area contributed by atoms with E-state index in [0.29, 0.717) is 35.2 Å². The van der Waals surface area contributed by atoms with Gasteiger partial charge in [0.25, 0.3) is 10.1 Å². The predicted octanol–water partition coefficient (Wildman–Crippen LogP) is 3.21. The van der Waals surface area contributed by atoms with Crippen LogP contribution in [-0.4, -0.2) is 57.2 Å². The van der Waals surface area contributed by atoms with Crippen molar-refractivity contribution in [2.24, 2.45) is 10.9 Å². The third-order valence-corrected chi connectivity index (χ3v) is 6.55. The Morgan fingerprint density at radius 3 is 2.27 bits per heavy atom. The molecular weight excluding hydrogens is 552 g/mol. The fraction of sp³-hybridized carbons (Fsp3) is 0.111. The standard InChI is InChI=1S/C21H20N6O4.C6H6O3S/c1-3-31-13-10-8-12(9-11-13)19-23-16(18(22)26-29)17-20(25-19)27(21(28)24-17)14-6-4-5-7-15(14)30-2;7-10(8,9)6-4-2-1-3-5-6/h4-11,29H,3H2,1-2H3,(H2,22,26)(H,24,28);1-5H,(H,7,8,9). The third-order valence-electron chi connectivity index (χ3n) is 5.68. The second-order valence-electron chi connectivity index (χ2n) is 8.26. The van der Waals surface area contributed by atoms with Gasteiger partial charge < -0.3 is 25.4 Å². The number of hydrogen-bond donors (Lipinski definition) is 4. The molecule has 3 aromatic carbocycles. The molecule has 0 saturated carbocycles. The van der Waals surface area contributed by atoms with Gasteiger partial charge >= 0.3 is 5.69 Å². The lowest BCUT2D eigenvalue weighted by Crippen LogP contribution is -2.17. The molecule has 14 heteroatoms. The summed E-state index contributed by atoms with van der Waals surface area (Å²) in [5.41, 5.74) is 7.14. The van der Waals surface area contributed by atoms with Crippen LogP contribution in [-0.2, 0) is 10.1 Å². The monoisotopic (exact) mass is 578 g/mol. The summed E-state index contributed by atoms with van der Waals surface area (Å²) in [6.45, 7) is 2.45. The molecular formula is C27H26N6O7S. The Bertz CT molecular complexity index is 1850. The van der Waals surface area contributed by atoms with Gasteiger partial charge in [-0.2, -0.15) is 8.42 Å². The number of H-pyrrole nitrogens is 1. The van der Waals surface area contributed by atoms with Crippen molar-refractivity contribution >= 4 is 27.1 Å². The van der Waals surface area contributed by atoms with Crippen molar-refractivity contribution in [3.8, 4) is 28.6 Å². The van der Waals surface area contributed by atoms with Crippen LogP contribution in [0, 0.1) is 0 Å². The van der Waals surface area contributed by atoms with Gasteiger partial charge in [0.05, 0.1) is 24.3 Å². The van der Waals surface area contributed by atoms with Crippen LogP contribution in [0.1, 0.15) is 12.6 Å². The van der Waals surface area contributed by atoms with Crippen LogP contribution in [0.15, 0.2) is 93.7 Å². The summed E-state index contributed by atoms with van der Waals surface area (Å²) in [6, 6.07) is 21.6. The number of para-hydroxylation sites is 2. The molecule has 5 aromatic rings. The number of nitrogens with two attached hydrogens (primary N) is 1. The number of aromatic nitrogens is 4. The first-order valence-corrected chi connectivity index (χ1v) is 13.5. The molecule has 0 saturated heterocycles. The zero-order chi connectivity index (χ0) is 29.6. The Morgan fingerprint density at radius 2 is 1.68 bits per heavy atom. The molecule has 0 aliphatic rings. The van der Waals surface area contributed by atoms with Gasteiger partial charge in [-0.05, 0) is 55.5 Å². The van der Waals surface area contributed by atoms with E-state index in [0.717, 1.165) is 0 Å². The van der Waals surface area contributed by atoms with Gasteiger partial charge in [-0.15, -0.1) is 0 Å². The molecule has 0 bridgehead atoms. The first kappa shape index (κ1) is 28.8. The summed E-state index contributed by atoms with van der Waals surface area (Å²) in [4.78, 5) is 24.5. The highest BCUT2D eigenvalue weighted by molar-refractivity contribution is 7.85. The maximum atomic E-state index is 12.9. The minimum atomic E-state index is -4.00. The van der Waals surface area contributed by atoms with Crippen molar-refractivity contribution < 1.29 is 27.7 Å². The number of fused-ring (bicyclic) bond motifs is 1. The summed E-state index contributed by atoms with van der Waals surface area (Å²) in [7, 11) is -2.49. The summed E-state index contributed by atoms with van der Waals surface area (Å²) in [5.74, 6) is 1.22. The average Bonchev–Trinajstić information content (AvgIpc) is 3.32. The number of rotatable bonds is 7. The van der Waals surface area contributed by atoms with E-state index in [9.17, 15) is 18.4 Å². The second kappa shape index (κ2) is 12.3. The quantitative estimate of drug-likeness (QED) is 0.0732. The minimum Gasteiger partial charge on any atom is -0.495 e. The van der Waals surface area contributed by atoms with E-state index in [1.165, 1.54) is 23.8 Å². The van der Waals surface area contributed by atoms with Crippen LogP contribution < -0.4 is 20.9 Å². The SMILES string of the molecule is CCOc1ccc(-c2nc(/C(N)=N/O)c3[nH]c(=O)n(-c4ccccc4OC)c3n2)cc1.O=S(=O)(O)c1ccccc1. The highest BCUT2D eigenvalue weighted by Gasteiger charge is 2.21. The molecule has 0 aliphatic heterocycles. The lowest BCUT2D eigenvalue weighted by atomic mass is 10.2. The molecule has 0 radical (unpaired) electrons. The Morgan fingerprint density at radius 1 is 1.02 bits per heavy atom. The van der Waals surface area contributed by atoms with Gasteiger partial charge in [-0.25, -0.2) is 19.3 Å². The Hall–Kier alpha value is -5.21. The van der Waals surface area contributed by atoms with Crippen molar-refractivity contribution in [2.45, 2.75) is 11.8 Å². The van der Waals surface area contributed by atoms with Crippen LogP contribution in [0.2, 0.25) is 0 Å². The highest BCUT2D eigenvalue weighted by Crippen LogP contribution is 2.27. The van der Waals surface area contributed by atoms with Crippen LogP contribution in [0.4, 0.5) is 0 Å². The maximum absolute atomic E-state index is 12.9. The molecule has 41 heavy (non-hydrogen) atoms. The van der Waals surface area contributed by atoms with Crippen molar-refractivity contribution in [3.05, 3.63) is 95.0 Å². The fourth-order valence-corrected chi connectivity index (χ4v) is 4.35. The van der Waals surface area contributed by atoms with Crippen LogP contribution >= 0.6 is 0 Å². The van der Waals surface area contributed by atoms with Gasteiger partial charge in [-0.3, -0.25) is 4.55 Å². The molecule has 212 valence electrons. The minimum absolute atomic E-state index is 0.0741. The zero-order valence-corrected chi connectivity index (χ0v) is 22.7. The lowest BCUT2D eigenvalue weighted by Gasteiger charge is -2.10. The number of hydrogen-bond acceptors (Lipinski definition) is 9. The zero-order valence-electron chi connectivity index (χ0n) is 21.9. The van der Waals surface area contributed by atoms with Crippen LogP contribution in [0.5, 0.6) is 11.5 Å². The fourth-order valence-electron chi connectivity index (χ4n) is 3.84. The maximum Gasteiger partial charge on any atom is 0.332 e. The van der Waals surface area contributed by atoms with E-state index < -0.39 is 15.8 Å². The normalized spacial score (nSPS) is 11.5. The van der Waals surface area contributed by atoms with Crippen molar-refractivity contribution in [3.63, 3.8) is 0 Å². The third kappa shape index (κ3) is 6.34. The van der Waals surface area contributed by atoms with Crippen LogP contribution in [0.3, 0.4) is 0 Å². The smallest absolute Gasteiger partial charge is 0.332 e. The van der Waals surface area contributed by atoms with Gasteiger partial charge in [0.2, 0.25) is 0 Å². The highest BCUT2D eigenvalue weighted by atomic mass is 32.2. The van der Waals surface area contributed by atoms with E-state index in [1.54, 1.807) is 66.7 Å². The number of nitrogens with zero attached hydrogens (tertiary/aromatic N) is 4. The predicted molar refractivity (Wildman–Crippen MR) is 151 cm³/mol. The second-order valence-corrected chi connectivity index (χ2v) is 9.68. The van der Waals surface area contributed by atoms with Crippen molar-refractivity contribution in [1.82, 2.24) is 19.5 Å². The van der Waals surface area contributed by atoms with Gasteiger partial charge in [0.15, 0.2) is 17.3 Å². The number of amidine groups is 1. The average molecular weight is 579 g/mol. The van der Waals surface area contributed by atoms with Gasteiger partial charge in [0, 0.05) is 5.56 Å². The number of oxime groups is 1. The number of benzene rings is 3. The number of imidazole rings is 1. The molecule has 2 aromatic heterocycles. The molecule has 0 atom stereocenters. The Labute approximate surface area is 234 Å². The first-order valence-electron chi connectivity index (χ1n) is 12.1. The Balaban J connectivity index is 0.000000328. The molecule has 0 aliphatic carbocycles. The first-order chi connectivity index (χ1) is 19.7. The van der Waals surface area contributed by atoms with Crippen molar-refractivity contribution in [1.29, 1.82) is 0 Å². The number of methoxy groups -OCH3 is 1. The topological polar surface area (TPSA) is 195 Å². The molecule has 0 unspecified atom stereocenters. The summed E-state index contributed by atoms with van der Waals surface area (Å²) < 4.78 is 41.5. The molecule has 5 rings (SSSR count). The summed E-state index contributed by atoms with van der Waals surface area (Å²) in [6.07, 6.45) is 0. The largest absolute Gasteiger partial charge is 0.495 e. The van der Waals surface area contributed by atoms with Crippen molar-refractivity contribution in [2.75, 3.05) is 13.7 Å². The lowest BCUT2D eigenvalue weighted by molar-refractivity contribution is 0.318. The van der Waals surface area contributed by atoms with E-state index in [4.69, 9.17) is 19.8 Å².